The number of aryl methyl sites for hydroxylation is 1. The number of nitrogens with one attached hydrogen (secondary N) is 2. The number of hydrogen-bond acceptors (Lipinski definition) is 4. The number of carbonyl (C=O) groups excluding carboxylic acids is 1. The van der Waals surface area contributed by atoms with Crippen LogP contribution in [0.15, 0.2) is 42.5 Å². The number of nitrogens with zero attached hydrogens (tertiary/aromatic N) is 1. The molecule has 1 aromatic carbocycles. The lowest BCUT2D eigenvalue weighted by Gasteiger charge is -2.08. The van der Waals surface area contributed by atoms with Gasteiger partial charge in [-0.1, -0.05) is 18.2 Å². The third-order valence-electron chi connectivity index (χ3n) is 3.78. The minimum atomic E-state index is -0.361. The molecule has 0 aliphatic carbocycles. The Morgan fingerprint density at radius 1 is 1.26 bits per heavy atom. The second-order valence-electron chi connectivity index (χ2n) is 5.38. The Labute approximate surface area is 134 Å². The van der Waals surface area contributed by atoms with Gasteiger partial charge in [-0.3, -0.25) is 0 Å². The Bertz CT molecular complexity index is 806. The van der Waals surface area contributed by atoms with E-state index in [1.54, 1.807) is 19.1 Å². The van der Waals surface area contributed by atoms with Crippen molar-refractivity contribution in [3.63, 3.8) is 0 Å². The van der Waals surface area contributed by atoms with E-state index in [0.29, 0.717) is 11.3 Å². The Balaban J connectivity index is 1.62. The minimum absolute atomic E-state index is 0.361. The molecular formula is C18H19N3O2. The van der Waals surface area contributed by atoms with E-state index in [1.165, 1.54) is 18.2 Å². The second-order valence-corrected chi connectivity index (χ2v) is 5.38. The normalized spacial score (nSPS) is 10.7. The Morgan fingerprint density at radius 3 is 2.83 bits per heavy atom. The van der Waals surface area contributed by atoms with Crippen LogP contribution in [0.3, 0.4) is 0 Å². The Kier molecular flexibility index (Phi) is 4.28. The maximum absolute atomic E-state index is 11.5. The standard InChI is InChI=1S/C18H19N3O2/c1-12-15(18(22)23-2)7-8-17(20-12)19-10-9-14-11-13-5-3-4-6-16(13)21-14/h3-8,11,21H,9-10H2,1-2H3,(H,19,20). The summed E-state index contributed by atoms with van der Waals surface area (Å²) in [5.74, 6) is 0.394. The highest BCUT2D eigenvalue weighted by Crippen LogP contribution is 2.15. The number of hydrogen-bond donors (Lipinski definition) is 2. The monoisotopic (exact) mass is 309 g/mol. The summed E-state index contributed by atoms with van der Waals surface area (Å²) in [5, 5.41) is 4.50. The molecule has 23 heavy (non-hydrogen) atoms. The van der Waals surface area contributed by atoms with Crippen LogP contribution in [0.25, 0.3) is 10.9 Å². The van der Waals surface area contributed by atoms with Crippen LogP contribution in [0.2, 0.25) is 0 Å². The van der Waals surface area contributed by atoms with E-state index in [0.717, 1.165) is 24.3 Å². The number of carbonyl (C=O) groups is 1. The molecule has 0 unspecified atom stereocenters. The molecule has 0 saturated heterocycles. The van der Waals surface area contributed by atoms with Gasteiger partial charge in [-0.2, -0.15) is 0 Å². The number of aromatic amines is 1. The summed E-state index contributed by atoms with van der Waals surface area (Å²) in [6, 6.07) is 13.9. The van der Waals surface area contributed by atoms with Gasteiger partial charge in [-0.05, 0) is 36.6 Å². The van der Waals surface area contributed by atoms with Gasteiger partial charge in [0.25, 0.3) is 0 Å². The van der Waals surface area contributed by atoms with Crippen molar-refractivity contribution >= 4 is 22.7 Å². The average Bonchev–Trinajstić information content (AvgIpc) is 2.97. The van der Waals surface area contributed by atoms with Gasteiger partial charge < -0.3 is 15.0 Å². The smallest absolute Gasteiger partial charge is 0.339 e. The van der Waals surface area contributed by atoms with E-state index < -0.39 is 0 Å². The Morgan fingerprint density at radius 2 is 2.09 bits per heavy atom. The first-order valence-electron chi connectivity index (χ1n) is 7.54. The Hall–Kier alpha value is -2.82. The van der Waals surface area contributed by atoms with Gasteiger partial charge in [0.2, 0.25) is 0 Å². The number of H-pyrrole nitrogens is 1. The number of methoxy groups -OCH3 is 1. The first-order chi connectivity index (χ1) is 11.2. The molecule has 0 radical (unpaired) electrons. The van der Waals surface area contributed by atoms with Crippen LogP contribution in [-0.4, -0.2) is 29.6 Å². The number of fused-ring (bicyclic) bond motifs is 1. The van der Waals surface area contributed by atoms with Crippen LogP contribution in [0, 0.1) is 6.92 Å². The third kappa shape index (κ3) is 3.34. The summed E-state index contributed by atoms with van der Waals surface area (Å²) in [6.45, 7) is 2.56. The fourth-order valence-electron chi connectivity index (χ4n) is 2.58. The van der Waals surface area contributed by atoms with Gasteiger partial charge >= 0.3 is 5.97 Å². The lowest BCUT2D eigenvalue weighted by Crippen LogP contribution is -2.10. The SMILES string of the molecule is COC(=O)c1ccc(NCCc2cc3ccccc3[nH]2)nc1C. The van der Waals surface area contributed by atoms with E-state index in [1.807, 2.05) is 12.1 Å². The molecule has 3 rings (SSSR count). The van der Waals surface area contributed by atoms with E-state index in [9.17, 15) is 4.79 Å². The van der Waals surface area contributed by atoms with Crippen molar-refractivity contribution in [3.05, 3.63) is 59.4 Å². The highest BCUT2D eigenvalue weighted by atomic mass is 16.5. The summed E-state index contributed by atoms with van der Waals surface area (Å²) in [5.41, 5.74) is 3.49. The quantitative estimate of drug-likeness (QED) is 0.710. The second kappa shape index (κ2) is 6.52. The molecule has 5 nitrogen and oxygen atoms in total. The number of benzene rings is 1. The summed E-state index contributed by atoms with van der Waals surface area (Å²) in [7, 11) is 1.37. The molecule has 0 spiro atoms. The van der Waals surface area contributed by atoms with Crippen LogP contribution < -0.4 is 5.32 Å². The molecule has 0 amide bonds. The lowest BCUT2D eigenvalue weighted by atomic mass is 10.2. The molecule has 2 heterocycles. The number of pyridine rings is 1. The molecule has 3 aromatic rings. The maximum Gasteiger partial charge on any atom is 0.339 e. The first kappa shape index (κ1) is 15.1. The molecule has 2 N–H and O–H groups in total. The van der Waals surface area contributed by atoms with E-state index in [4.69, 9.17) is 4.74 Å². The van der Waals surface area contributed by atoms with Crippen LogP contribution in [-0.2, 0) is 11.2 Å². The fourth-order valence-corrected chi connectivity index (χ4v) is 2.58. The molecule has 0 bridgehead atoms. The first-order valence-corrected chi connectivity index (χ1v) is 7.54. The van der Waals surface area contributed by atoms with Gasteiger partial charge in [-0.25, -0.2) is 9.78 Å². The summed E-state index contributed by atoms with van der Waals surface area (Å²) < 4.78 is 4.72. The number of rotatable bonds is 5. The zero-order chi connectivity index (χ0) is 16.2. The molecule has 0 atom stereocenters. The number of anilines is 1. The van der Waals surface area contributed by atoms with Gasteiger partial charge in [0, 0.05) is 24.2 Å². The lowest BCUT2D eigenvalue weighted by molar-refractivity contribution is 0.0599. The molecule has 0 aliphatic rings. The predicted octanol–water partition coefficient (Wildman–Crippen LogP) is 3.31. The molecular weight excluding hydrogens is 290 g/mol. The molecule has 0 fully saturated rings. The number of para-hydroxylation sites is 1. The topological polar surface area (TPSA) is 67.0 Å². The largest absolute Gasteiger partial charge is 0.465 e. The van der Waals surface area contributed by atoms with E-state index >= 15 is 0 Å². The van der Waals surface area contributed by atoms with Gasteiger partial charge in [0.15, 0.2) is 0 Å². The van der Waals surface area contributed by atoms with Crippen LogP contribution in [0.4, 0.5) is 5.82 Å². The van der Waals surface area contributed by atoms with Crippen molar-refractivity contribution in [2.45, 2.75) is 13.3 Å². The summed E-state index contributed by atoms with van der Waals surface area (Å²) >= 11 is 0. The predicted molar refractivity (Wildman–Crippen MR) is 90.8 cm³/mol. The van der Waals surface area contributed by atoms with Crippen molar-refractivity contribution in [3.8, 4) is 0 Å². The average molecular weight is 309 g/mol. The third-order valence-corrected chi connectivity index (χ3v) is 3.78. The molecule has 2 aromatic heterocycles. The van der Waals surface area contributed by atoms with Crippen molar-refractivity contribution in [1.29, 1.82) is 0 Å². The zero-order valence-electron chi connectivity index (χ0n) is 13.2. The van der Waals surface area contributed by atoms with Gasteiger partial charge in [0.1, 0.15) is 5.82 Å². The van der Waals surface area contributed by atoms with Crippen molar-refractivity contribution in [2.75, 3.05) is 19.0 Å². The van der Waals surface area contributed by atoms with E-state index in [-0.39, 0.29) is 5.97 Å². The number of esters is 1. The summed E-state index contributed by atoms with van der Waals surface area (Å²) in [4.78, 5) is 19.3. The zero-order valence-corrected chi connectivity index (χ0v) is 13.2. The van der Waals surface area contributed by atoms with Crippen LogP contribution in [0.5, 0.6) is 0 Å². The number of ether oxygens (including phenoxy) is 1. The molecule has 5 heteroatoms. The van der Waals surface area contributed by atoms with Crippen molar-refractivity contribution in [1.82, 2.24) is 9.97 Å². The van der Waals surface area contributed by atoms with Crippen LogP contribution >= 0.6 is 0 Å². The highest BCUT2D eigenvalue weighted by Gasteiger charge is 2.10. The van der Waals surface area contributed by atoms with Gasteiger partial charge in [0.05, 0.1) is 18.4 Å². The molecule has 0 aliphatic heterocycles. The van der Waals surface area contributed by atoms with Crippen LogP contribution in [0.1, 0.15) is 21.7 Å². The molecule has 118 valence electrons. The maximum atomic E-state index is 11.5. The highest BCUT2D eigenvalue weighted by molar-refractivity contribution is 5.90. The van der Waals surface area contributed by atoms with E-state index in [2.05, 4.69) is 33.5 Å². The number of aromatic nitrogens is 2. The molecule has 0 saturated carbocycles. The van der Waals surface area contributed by atoms with Gasteiger partial charge in [-0.15, -0.1) is 0 Å². The minimum Gasteiger partial charge on any atom is -0.465 e. The van der Waals surface area contributed by atoms with Crippen molar-refractivity contribution < 1.29 is 9.53 Å². The fraction of sp³-hybridized carbons (Fsp3) is 0.222. The van der Waals surface area contributed by atoms with Crippen molar-refractivity contribution in [2.24, 2.45) is 0 Å². The summed E-state index contributed by atoms with van der Waals surface area (Å²) in [6.07, 6.45) is 0.869.